The average Bonchev–Trinajstić information content (AvgIpc) is 2.46. The lowest BCUT2D eigenvalue weighted by molar-refractivity contribution is 0.112. The van der Waals surface area contributed by atoms with Gasteiger partial charge in [0.15, 0.2) is 0 Å². The van der Waals surface area contributed by atoms with E-state index in [1.807, 2.05) is 0 Å². The molecule has 1 aromatic rings. The Labute approximate surface area is 113 Å². The third-order valence-electron chi connectivity index (χ3n) is 3.49. The summed E-state index contributed by atoms with van der Waals surface area (Å²) < 4.78 is 4.75. The number of hydrogen-bond acceptors (Lipinski definition) is 3. The van der Waals surface area contributed by atoms with Crippen molar-refractivity contribution in [3.8, 4) is 0 Å². The number of amides is 1. The molecule has 1 saturated heterocycles. The number of likely N-dealkylation sites (tertiary alicyclic amines) is 1. The third kappa shape index (κ3) is 2.99. The molecular weight excluding hydrogens is 246 g/mol. The topological polar surface area (TPSA) is 29.5 Å². The van der Waals surface area contributed by atoms with Crippen molar-refractivity contribution in [2.45, 2.75) is 23.7 Å². The van der Waals surface area contributed by atoms with Crippen molar-refractivity contribution in [2.75, 3.05) is 26.5 Å². The van der Waals surface area contributed by atoms with Crippen LogP contribution in [-0.4, -0.2) is 37.4 Å². The summed E-state index contributed by atoms with van der Waals surface area (Å²) in [5, 5.41) is 0. The van der Waals surface area contributed by atoms with Crippen LogP contribution in [0.2, 0.25) is 0 Å². The first kappa shape index (κ1) is 13.3. The Kier molecular flexibility index (Phi) is 4.53. The van der Waals surface area contributed by atoms with Crippen molar-refractivity contribution < 1.29 is 9.53 Å². The lowest BCUT2D eigenvalue weighted by Crippen LogP contribution is -2.37. The molecule has 0 saturated carbocycles. The molecule has 1 heterocycles. The smallest absolute Gasteiger partial charge is 0.409 e. The molecule has 0 aromatic heterocycles. The highest BCUT2D eigenvalue weighted by atomic mass is 32.2. The van der Waals surface area contributed by atoms with Gasteiger partial charge in [-0.1, -0.05) is 12.1 Å². The number of carbonyl (C=O) groups excluding carboxylic acids is 1. The second-order valence-electron chi connectivity index (χ2n) is 4.51. The summed E-state index contributed by atoms with van der Waals surface area (Å²) in [4.78, 5) is 14.5. The fourth-order valence-electron chi connectivity index (χ4n) is 2.42. The maximum atomic E-state index is 11.4. The number of carbonyl (C=O) groups is 1. The second kappa shape index (κ2) is 6.14. The van der Waals surface area contributed by atoms with Crippen molar-refractivity contribution in [3.63, 3.8) is 0 Å². The number of ether oxygens (including phenoxy) is 1. The molecule has 1 amide bonds. The van der Waals surface area contributed by atoms with Gasteiger partial charge in [-0.15, -0.1) is 11.8 Å². The SMILES string of the molecule is COC(=O)N1CCC(c2cccc(SC)c2)CC1. The summed E-state index contributed by atoms with van der Waals surface area (Å²) in [6, 6.07) is 8.72. The molecule has 1 fully saturated rings. The molecule has 0 bridgehead atoms. The molecule has 2 rings (SSSR count). The molecule has 98 valence electrons. The van der Waals surface area contributed by atoms with E-state index in [0.29, 0.717) is 5.92 Å². The quantitative estimate of drug-likeness (QED) is 0.768. The number of piperidine rings is 1. The summed E-state index contributed by atoms with van der Waals surface area (Å²) in [6.45, 7) is 1.58. The standard InChI is InChI=1S/C14H19NO2S/c1-17-14(16)15-8-6-11(7-9-15)12-4-3-5-13(10-12)18-2/h3-5,10-11H,6-9H2,1-2H3. The Balaban J connectivity index is 1.98. The number of nitrogens with zero attached hydrogens (tertiary/aromatic N) is 1. The number of rotatable bonds is 2. The highest BCUT2D eigenvalue weighted by Gasteiger charge is 2.24. The first-order valence-electron chi connectivity index (χ1n) is 6.21. The van der Waals surface area contributed by atoms with Gasteiger partial charge in [0.05, 0.1) is 7.11 Å². The minimum absolute atomic E-state index is 0.202. The van der Waals surface area contributed by atoms with E-state index in [9.17, 15) is 4.79 Å². The highest BCUT2D eigenvalue weighted by molar-refractivity contribution is 7.98. The molecule has 4 heteroatoms. The van der Waals surface area contributed by atoms with Gasteiger partial charge in [-0.2, -0.15) is 0 Å². The second-order valence-corrected chi connectivity index (χ2v) is 5.39. The summed E-state index contributed by atoms with van der Waals surface area (Å²) in [6.07, 6.45) is 3.94. The largest absolute Gasteiger partial charge is 0.453 e. The molecule has 3 nitrogen and oxygen atoms in total. The first-order valence-corrected chi connectivity index (χ1v) is 7.44. The van der Waals surface area contributed by atoms with Crippen LogP contribution in [0.3, 0.4) is 0 Å². The molecule has 0 radical (unpaired) electrons. The number of hydrogen-bond donors (Lipinski definition) is 0. The van der Waals surface area contributed by atoms with E-state index >= 15 is 0 Å². The van der Waals surface area contributed by atoms with Gasteiger partial charge < -0.3 is 9.64 Å². The van der Waals surface area contributed by atoms with Gasteiger partial charge in [0.1, 0.15) is 0 Å². The van der Waals surface area contributed by atoms with Crippen LogP contribution in [-0.2, 0) is 4.74 Å². The summed E-state index contributed by atoms with van der Waals surface area (Å²) >= 11 is 1.77. The van der Waals surface area contributed by atoms with Gasteiger partial charge in [0, 0.05) is 18.0 Å². The van der Waals surface area contributed by atoms with E-state index in [-0.39, 0.29) is 6.09 Å². The van der Waals surface area contributed by atoms with Gasteiger partial charge in [-0.25, -0.2) is 4.79 Å². The summed E-state index contributed by atoms with van der Waals surface area (Å²) in [5.74, 6) is 0.568. The molecule has 18 heavy (non-hydrogen) atoms. The fraction of sp³-hybridized carbons (Fsp3) is 0.500. The molecule has 0 unspecified atom stereocenters. The minimum Gasteiger partial charge on any atom is -0.453 e. The van der Waals surface area contributed by atoms with Crippen LogP contribution in [0.1, 0.15) is 24.3 Å². The van der Waals surface area contributed by atoms with E-state index in [0.717, 1.165) is 25.9 Å². The van der Waals surface area contributed by atoms with Gasteiger partial charge in [0.25, 0.3) is 0 Å². The normalized spacial score (nSPS) is 16.7. The van der Waals surface area contributed by atoms with E-state index in [4.69, 9.17) is 4.74 Å². The molecule has 0 aliphatic carbocycles. The maximum Gasteiger partial charge on any atom is 0.409 e. The Morgan fingerprint density at radius 2 is 2.11 bits per heavy atom. The van der Waals surface area contributed by atoms with E-state index in [1.165, 1.54) is 17.6 Å². The van der Waals surface area contributed by atoms with Crippen LogP contribution in [0.4, 0.5) is 4.79 Å². The predicted molar refractivity (Wildman–Crippen MR) is 74.2 cm³/mol. The molecule has 0 N–H and O–H groups in total. The van der Waals surface area contributed by atoms with Crippen molar-refractivity contribution in [1.82, 2.24) is 4.90 Å². The van der Waals surface area contributed by atoms with E-state index < -0.39 is 0 Å². The van der Waals surface area contributed by atoms with Gasteiger partial charge in [-0.05, 0) is 42.7 Å². The van der Waals surface area contributed by atoms with Crippen LogP contribution >= 0.6 is 11.8 Å². The maximum absolute atomic E-state index is 11.4. The molecular formula is C14H19NO2S. The average molecular weight is 265 g/mol. The third-order valence-corrected chi connectivity index (χ3v) is 4.22. The lowest BCUT2D eigenvalue weighted by Gasteiger charge is -2.31. The Morgan fingerprint density at radius 3 is 2.72 bits per heavy atom. The summed E-state index contributed by atoms with van der Waals surface area (Å²) in [5.41, 5.74) is 1.39. The predicted octanol–water partition coefficient (Wildman–Crippen LogP) is 3.35. The Hall–Kier alpha value is -1.16. The first-order chi connectivity index (χ1) is 8.74. The molecule has 1 aliphatic heterocycles. The van der Waals surface area contributed by atoms with Gasteiger partial charge >= 0.3 is 6.09 Å². The Bertz CT molecular complexity index is 414. The zero-order valence-corrected chi connectivity index (χ0v) is 11.7. The highest BCUT2D eigenvalue weighted by Crippen LogP contribution is 2.30. The fourth-order valence-corrected chi connectivity index (χ4v) is 2.89. The molecule has 0 spiro atoms. The van der Waals surface area contributed by atoms with Gasteiger partial charge in [0.2, 0.25) is 0 Å². The number of benzene rings is 1. The van der Waals surface area contributed by atoms with Crippen LogP contribution in [0.15, 0.2) is 29.2 Å². The Morgan fingerprint density at radius 1 is 1.39 bits per heavy atom. The van der Waals surface area contributed by atoms with Crippen molar-refractivity contribution >= 4 is 17.9 Å². The van der Waals surface area contributed by atoms with Crippen molar-refractivity contribution in [2.24, 2.45) is 0 Å². The van der Waals surface area contributed by atoms with Crippen LogP contribution in [0.25, 0.3) is 0 Å². The van der Waals surface area contributed by atoms with Crippen LogP contribution < -0.4 is 0 Å². The lowest BCUT2D eigenvalue weighted by atomic mass is 9.90. The van der Waals surface area contributed by atoms with Crippen molar-refractivity contribution in [1.29, 1.82) is 0 Å². The van der Waals surface area contributed by atoms with Crippen LogP contribution in [0.5, 0.6) is 0 Å². The van der Waals surface area contributed by atoms with E-state index in [2.05, 4.69) is 30.5 Å². The molecule has 1 aliphatic rings. The number of thioether (sulfide) groups is 1. The zero-order chi connectivity index (χ0) is 13.0. The van der Waals surface area contributed by atoms with Gasteiger partial charge in [-0.3, -0.25) is 0 Å². The van der Waals surface area contributed by atoms with E-state index in [1.54, 1.807) is 16.7 Å². The van der Waals surface area contributed by atoms with Crippen LogP contribution in [0, 0.1) is 0 Å². The zero-order valence-electron chi connectivity index (χ0n) is 10.9. The number of methoxy groups -OCH3 is 1. The molecule has 0 atom stereocenters. The molecule has 1 aromatic carbocycles. The van der Waals surface area contributed by atoms with Crippen molar-refractivity contribution in [3.05, 3.63) is 29.8 Å². The monoisotopic (exact) mass is 265 g/mol. The summed E-state index contributed by atoms with van der Waals surface area (Å²) in [7, 11) is 1.44. The minimum atomic E-state index is -0.202.